The Kier molecular flexibility index (Phi) is 10.9. The van der Waals surface area contributed by atoms with Crippen LogP contribution < -0.4 is 10.6 Å². The average molecular weight is 790 g/mol. The van der Waals surface area contributed by atoms with Crippen LogP contribution in [0.1, 0.15) is 69.6 Å². The van der Waals surface area contributed by atoms with Gasteiger partial charge in [-0.3, -0.25) is 9.78 Å². The predicted octanol–water partition coefficient (Wildman–Crippen LogP) is 10.8. The number of benzene rings is 6. The quantitative estimate of drug-likeness (QED) is 0.121. The number of hydrogen-bond acceptors (Lipinski definition) is 4. The molecule has 0 radical (unpaired) electrons. The molecule has 2 heterocycles. The van der Waals surface area contributed by atoms with Crippen LogP contribution in [0.15, 0.2) is 182 Å². The standard InChI is InChI=1S/C53H48FN5O/c1-38-33-40(30-32-55-38)50-47-34-41(51(60)57-46-26-16-31-52(36-46,35-42-19-14-15-27-48(42)54)56-37-39-17-6-2-7-18-39)28-29-49(47)59(58-50)53(43-20-8-3-9-21-43,44-22-10-4-11-23-44)45-24-12-5-13-25-45/h2-15,17-25,27-30,32-34,46,56H,16,26,31,35-37H2,1H3,(H,57,60). The second kappa shape index (κ2) is 16.9. The molecule has 6 aromatic carbocycles. The van der Waals surface area contributed by atoms with Crippen molar-refractivity contribution in [3.8, 4) is 11.3 Å². The van der Waals surface area contributed by atoms with Crippen LogP contribution in [-0.4, -0.2) is 32.3 Å². The van der Waals surface area contributed by atoms with Crippen molar-refractivity contribution in [3.05, 3.63) is 227 Å². The minimum Gasteiger partial charge on any atom is -0.349 e. The Hall–Kier alpha value is -6.70. The molecule has 298 valence electrons. The molecule has 0 aliphatic heterocycles. The van der Waals surface area contributed by atoms with Crippen molar-refractivity contribution in [1.29, 1.82) is 0 Å². The number of rotatable bonds is 12. The number of nitrogens with zero attached hydrogens (tertiary/aromatic N) is 3. The van der Waals surface area contributed by atoms with Gasteiger partial charge in [0.25, 0.3) is 5.91 Å². The van der Waals surface area contributed by atoms with Gasteiger partial charge in [0.05, 0.1) is 5.52 Å². The van der Waals surface area contributed by atoms with Crippen molar-refractivity contribution in [2.24, 2.45) is 0 Å². The fraction of sp³-hybridized carbons (Fsp3) is 0.189. The maximum absolute atomic E-state index is 15.2. The third kappa shape index (κ3) is 7.64. The third-order valence-corrected chi connectivity index (χ3v) is 12.2. The van der Waals surface area contributed by atoms with Crippen LogP contribution in [0.4, 0.5) is 4.39 Å². The Labute approximate surface area is 351 Å². The Balaban J connectivity index is 1.12. The lowest BCUT2D eigenvalue weighted by molar-refractivity contribution is 0.0903. The molecule has 2 unspecified atom stereocenters. The summed E-state index contributed by atoms with van der Waals surface area (Å²) in [5.74, 6) is -0.342. The van der Waals surface area contributed by atoms with Crippen LogP contribution in [0.3, 0.4) is 0 Å². The maximum atomic E-state index is 15.2. The highest BCUT2D eigenvalue weighted by Crippen LogP contribution is 2.44. The summed E-state index contributed by atoms with van der Waals surface area (Å²) in [5.41, 5.74) is 7.77. The molecule has 0 saturated heterocycles. The lowest BCUT2D eigenvalue weighted by Crippen LogP contribution is -2.54. The molecule has 6 nitrogen and oxygen atoms in total. The molecule has 2 aromatic heterocycles. The highest BCUT2D eigenvalue weighted by Gasteiger charge is 2.41. The van der Waals surface area contributed by atoms with E-state index >= 15 is 4.39 Å². The zero-order valence-electron chi connectivity index (χ0n) is 33.8. The van der Waals surface area contributed by atoms with Crippen LogP contribution in [0, 0.1) is 12.7 Å². The first-order valence-electron chi connectivity index (χ1n) is 20.9. The molecule has 7 heteroatoms. The second-order valence-corrected chi connectivity index (χ2v) is 16.1. The molecule has 1 aliphatic rings. The van der Waals surface area contributed by atoms with Gasteiger partial charge in [0, 0.05) is 46.5 Å². The lowest BCUT2D eigenvalue weighted by atomic mass is 9.75. The zero-order valence-corrected chi connectivity index (χ0v) is 33.8. The second-order valence-electron chi connectivity index (χ2n) is 16.1. The van der Waals surface area contributed by atoms with E-state index in [-0.39, 0.29) is 17.8 Å². The number of aryl methyl sites for hydroxylation is 1. The number of fused-ring (bicyclic) bond motifs is 1. The first-order chi connectivity index (χ1) is 29.4. The molecule has 1 aliphatic carbocycles. The first kappa shape index (κ1) is 38.8. The van der Waals surface area contributed by atoms with Gasteiger partial charge in [-0.05, 0) is 103 Å². The SMILES string of the molecule is Cc1cc(-c2nn(C(c3ccccc3)(c3ccccc3)c3ccccc3)c3ccc(C(=O)NC4CCCC(Cc5ccccc5F)(NCc5ccccc5)C4)cc23)ccn1. The van der Waals surface area contributed by atoms with E-state index in [4.69, 9.17) is 5.10 Å². The number of aromatic nitrogens is 3. The Morgan fingerprint density at radius 3 is 2.02 bits per heavy atom. The van der Waals surface area contributed by atoms with Gasteiger partial charge < -0.3 is 10.6 Å². The van der Waals surface area contributed by atoms with Gasteiger partial charge >= 0.3 is 0 Å². The van der Waals surface area contributed by atoms with Gasteiger partial charge in [-0.25, -0.2) is 9.07 Å². The molecule has 2 atom stereocenters. The van der Waals surface area contributed by atoms with Crippen molar-refractivity contribution in [1.82, 2.24) is 25.4 Å². The van der Waals surface area contributed by atoms with Crippen LogP contribution in [0.25, 0.3) is 22.2 Å². The lowest BCUT2D eigenvalue weighted by Gasteiger charge is -2.42. The Bertz CT molecular complexity index is 2620. The Morgan fingerprint density at radius 1 is 0.767 bits per heavy atom. The van der Waals surface area contributed by atoms with E-state index in [0.29, 0.717) is 30.5 Å². The van der Waals surface area contributed by atoms with Crippen molar-refractivity contribution < 1.29 is 9.18 Å². The molecule has 2 N–H and O–H groups in total. The summed E-state index contributed by atoms with van der Waals surface area (Å²) in [6, 6.07) is 58.8. The molecule has 1 fully saturated rings. The van der Waals surface area contributed by atoms with E-state index in [2.05, 4.69) is 105 Å². The normalized spacial score (nSPS) is 16.7. The van der Waals surface area contributed by atoms with E-state index in [1.165, 1.54) is 11.6 Å². The van der Waals surface area contributed by atoms with Gasteiger partial charge in [0.2, 0.25) is 0 Å². The largest absolute Gasteiger partial charge is 0.349 e. The summed E-state index contributed by atoms with van der Waals surface area (Å²) in [4.78, 5) is 19.0. The van der Waals surface area contributed by atoms with Crippen molar-refractivity contribution in [3.63, 3.8) is 0 Å². The third-order valence-electron chi connectivity index (χ3n) is 12.2. The van der Waals surface area contributed by atoms with Crippen LogP contribution in [0.5, 0.6) is 0 Å². The number of carbonyl (C=O) groups excluding carboxylic acids is 1. The van der Waals surface area contributed by atoms with Crippen LogP contribution in [-0.2, 0) is 18.5 Å². The molecule has 9 rings (SSSR count). The topological polar surface area (TPSA) is 71.8 Å². The van der Waals surface area contributed by atoms with Crippen molar-refractivity contribution in [2.45, 2.75) is 62.7 Å². The summed E-state index contributed by atoms with van der Waals surface area (Å²) in [7, 11) is 0. The van der Waals surface area contributed by atoms with E-state index in [1.54, 1.807) is 6.07 Å². The fourth-order valence-corrected chi connectivity index (χ4v) is 9.36. The van der Waals surface area contributed by atoms with Gasteiger partial charge in [0.1, 0.15) is 17.1 Å². The Morgan fingerprint density at radius 2 is 1.38 bits per heavy atom. The number of hydrogen-bond donors (Lipinski definition) is 2. The molecule has 8 aromatic rings. The van der Waals surface area contributed by atoms with Gasteiger partial charge in [-0.2, -0.15) is 5.10 Å². The highest BCUT2D eigenvalue weighted by atomic mass is 19.1. The minimum atomic E-state index is -0.859. The summed E-state index contributed by atoms with van der Waals surface area (Å²) in [5, 5.41) is 13.7. The van der Waals surface area contributed by atoms with E-state index in [1.807, 2.05) is 92.0 Å². The van der Waals surface area contributed by atoms with Crippen molar-refractivity contribution >= 4 is 16.8 Å². The molecule has 0 spiro atoms. The van der Waals surface area contributed by atoms with Crippen molar-refractivity contribution in [2.75, 3.05) is 0 Å². The number of pyridine rings is 1. The first-order valence-corrected chi connectivity index (χ1v) is 20.9. The maximum Gasteiger partial charge on any atom is 0.251 e. The molecular formula is C53H48FN5O. The molecule has 1 amide bonds. The predicted molar refractivity (Wildman–Crippen MR) is 238 cm³/mol. The highest BCUT2D eigenvalue weighted by molar-refractivity contribution is 6.02. The van der Waals surface area contributed by atoms with Gasteiger partial charge in [0.15, 0.2) is 0 Å². The van der Waals surface area contributed by atoms with E-state index in [0.717, 1.165) is 63.8 Å². The smallest absolute Gasteiger partial charge is 0.251 e. The number of amides is 1. The fourth-order valence-electron chi connectivity index (χ4n) is 9.36. The zero-order chi connectivity index (χ0) is 40.9. The summed E-state index contributed by atoms with van der Waals surface area (Å²) >= 11 is 0. The molecule has 0 bridgehead atoms. The van der Waals surface area contributed by atoms with E-state index in [9.17, 15) is 4.79 Å². The van der Waals surface area contributed by atoms with Gasteiger partial charge in [-0.15, -0.1) is 0 Å². The summed E-state index contributed by atoms with van der Waals surface area (Å²) in [6.07, 6.45) is 5.65. The average Bonchev–Trinajstić information content (AvgIpc) is 3.67. The van der Waals surface area contributed by atoms with E-state index < -0.39 is 11.1 Å². The molecule has 60 heavy (non-hydrogen) atoms. The summed E-state index contributed by atoms with van der Waals surface area (Å²) < 4.78 is 17.3. The summed E-state index contributed by atoms with van der Waals surface area (Å²) in [6.45, 7) is 2.64. The van der Waals surface area contributed by atoms with Crippen LogP contribution >= 0.6 is 0 Å². The molecule has 1 saturated carbocycles. The number of carbonyl (C=O) groups is 1. The monoisotopic (exact) mass is 789 g/mol. The minimum absolute atomic E-state index is 0.107. The molecular weight excluding hydrogens is 742 g/mol. The number of halogens is 1. The van der Waals surface area contributed by atoms with Crippen LogP contribution in [0.2, 0.25) is 0 Å². The number of nitrogens with one attached hydrogen (secondary N) is 2. The van der Waals surface area contributed by atoms with Gasteiger partial charge in [-0.1, -0.05) is 140 Å².